The number of halogens is 2. The minimum atomic E-state index is 0.573. The number of rotatable bonds is 1. The molecule has 2 aromatic carbocycles. The highest BCUT2D eigenvalue weighted by atomic mass is 79.9. The predicted octanol–water partition coefficient (Wildman–Crippen LogP) is 4.98. The van der Waals surface area contributed by atoms with Gasteiger partial charge in [0.2, 0.25) is 0 Å². The fourth-order valence-corrected chi connectivity index (χ4v) is 2.85. The third kappa shape index (κ3) is 2.16. The minimum Gasteiger partial charge on any atom is -0.330 e. The average Bonchev–Trinajstić information content (AvgIpc) is 2.77. The molecule has 1 heterocycles. The van der Waals surface area contributed by atoms with E-state index in [1.165, 1.54) is 0 Å². The molecule has 0 saturated heterocycles. The summed E-state index contributed by atoms with van der Waals surface area (Å²) in [6, 6.07) is 13.1. The van der Waals surface area contributed by atoms with Crippen molar-refractivity contribution < 1.29 is 0 Å². The number of hydrogen-bond donors (Lipinski definition) is 1. The predicted molar refractivity (Wildman–Crippen MR) is 85.9 cm³/mol. The maximum absolute atomic E-state index is 9.03. The van der Waals surface area contributed by atoms with E-state index < -0.39 is 0 Å². The molecule has 0 atom stereocenters. The quantitative estimate of drug-likeness (QED) is 0.619. The topological polar surface area (TPSA) is 44.5 Å². The van der Waals surface area contributed by atoms with Crippen LogP contribution in [0.2, 0.25) is 5.02 Å². The molecular formula is C14H7BrClN3S. The molecule has 0 saturated carbocycles. The van der Waals surface area contributed by atoms with Gasteiger partial charge in [-0.15, -0.1) is 0 Å². The Hall–Kier alpha value is -1.61. The Labute approximate surface area is 133 Å². The molecule has 1 aromatic heterocycles. The van der Waals surface area contributed by atoms with Gasteiger partial charge in [0.15, 0.2) is 4.77 Å². The molecule has 6 heteroatoms. The second-order valence-corrected chi connectivity index (χ2v) is 5.86. The van der Waals surface area contributed by atoms with Gasteiger partial charge in [0.1, 0.15) is 0 Å². The van der Waals surface area contributed by atoms with Crippen LogP contribution in [0, 0.1) is 16.1 Å². The van der Waals surface area contributed by atoms with Gasteiger partial charge in [0.25, 0.3) is 0 Å². The van der Waals surface area contributed by atoms with Crippen molar-refractivity contribution in [1.29, 1.82) is 5.26 Å². The van der Waals surface area contributed by atoms with Crippen LogP contribution in [0.1, 0.15) is 5.56 Å². The Morgan fingerprint density at radius 1 is 1.25 bits per heavy atom. The number of benzene rings is 2. The summed E-state index contributed by atoms with van der Waals surface area (Å²) in [6.07, 6.45) is 0. The van der Waals surface area contributed by atoms with E-state index in [2.05, 4.69) is 27.0 Å². The van der Waals surface area contributed by atoms with E-state index in [4.69, 9.17) is 29.1 Å². The lowest BCUT2D eigenvalue weighted by molar-refractivity contribution is 1.06. The maximum atomic E-state index is 9.03. The van der Waals surface area contributed by atoms with Gasteiger partial charge >= 0.3 is 0 Å². The smallest absolute Gasteiger partial charge is 0.182 e. The van der Waals surface area contributed by atoms with Gasteiger partial charge in [-0.05, 0) is 64.5 Å². The van der Waals surface area contributed by atoms with Crippen LogP contribution in [-0.2, 0) is 0 Å². The van der Waals surface area contributed by atoms with Gasteiger partial charge < -0.3 is 4.98 Å². The van der Waals surface area contributed by atoms with E-state index in [1.54, 1.807) is 12.1 Å². The third-order valence-electron chi connectivity index (χ3n) is 2.97. The van der Waals surface area contributed by atoms with Crippen molar-refractivity contribution in [2.45, 2.75) is 0 Å². The second-order valence-electron chi connectivity index (χ2n) is 4.21. The number of H-pyrrole nitrogens is 1. The fourth-order valence-electron chi connectivity index (χ4n) is 2.05. The fraction of sp³-hybridized carbons (Fsp3) is 0. The van der Waals surface area contributed by atoms with E-state index in [-0.39, 0.29) is 0 Å². The zero-order valence-electron chi connectivity index (χ0n) is 10.0. The molecule has 0 aliphatic heterocycles. The van der Waals surface area contributed by atoms with E-state index in [0.717, 1.165) is 21.2 Å². The summed E-state index contributed by atoms with van der Waals surface area (Å²) in [5.41, 5.74) is 3.23. The minimum absolute atomic E-state index is 0.573. The molecule has 0 unspecified atom stereocenters. The average molecular weight is 365 g/mol. The van der Waals surface area contributed by atoms with E-state index in [9.17, 15) is 0 Å². The van der Waals surface area contributed by atoms with Crippen molar-refractivity contribution in [3.8, 4) is 11.8 Å². The van der Waals surface area contributed by atoms with Gasteiger partial charge in [-0.2, -0.15) is 5.26 Å². The molecule has 1 N–H and O–H groups in total. The van der Waals surface area contributed by atoms with Crippen LogP contribution in [0.15, 0.2) is 40.9 Å². The molecule has 20 heavy (non-hydrogen) atoms. The number of fused-ring (bicyclic) bond motifs is 1. The van der Waals surface area contributed by atoms with Crippen LogP contribution >= 0.6 is 39.7 Å². The Bertz CT molecular complexity index is 920. The zero-order chi connectivity index (χ0) is 14.3. The van der Waals surface area contributed by atoms with Crippen LogP contribution in [0.4, 0.5) is 0 Å². The normalized spacial score (nSPS) is 10.7. The molecule has 0 amide bonds. The van der Waals surface area contributed by atoms with Crippen molar-refractivity contribution in [2.24, 2.45) is 0 Å². The SMILES string of the molecule is N#Cc1ccc2[nH]c(=S)n(-c3ccc(Cl)c(Br)c3)c2c1. The van der Waals surface area contributed by atoms with Gasteiger partial charge in [0.05, 0.1) is 27.7 Å². The number of nitriles is 1. The van der Waals surface area contributed by atoms with Crippen molar-refractivity contribution >= 4 is 50.8 Å². The summed E-state index contributed by atoms with van der Waals surface area (Å²) in [6.45, 7) is 0. The third-order valence-corrected chi connectivity index (χ3v) is 4.47. The Morgan fingerprint density at radius 3 is 2.75 bits per heavy atom. The molecule has 3 nitrogen and oxygen atoms in total. The van der Waals surface area contributed by atoms with E-state index in [1.807, 2.05) is 28.8 Å². The summed E-state index contributed by atoms with van der Waals surface area (Å²) in [5, 5.41) is 9.66. The summed E-state index contributed by atoms with van der Waals surface area (Å²) in [7, 11) is 0. The molecular weight excluding hydrogens is 358 g/mol. The Kier molecular flexibility index (Phi) is 3.38. The number of imidazole rings is 1. The number of nitrogens with one attached hydrogen (secondary N) is 1. The first-order chi connectivity index (χ1) is 9.60. The lowest BCUT2D eigenvalue weighted by Crippen LogP contribution is -1.94. The van der Waals surface area contributed by atoms with Gasteiger partial charge in [-0.1, -0.05) is 11.6 Å². The lowest BCUT2D eigenvalue weighted by Gasteiger charge is -2.06. The van der Waals surface area contributed by atoms with Gasteiger partial charge in [-0.3, -0.25) is 4.57 Å². The largest absolute Gasteiger partial charge is 0.330 e. The first-order valence-electron chi connectivity index (χ1n) is 5.70. The molecule has 0 radical (unpaired) electrons. The molecule has 3 rings (SSSR count). The summed E-state index contributed by atoms with van der Waals surface area (Å²) in [4.78, 5) is 3.13. The van der Waals surface area contributed by atoms with Crippen LogP contribution < -0.4 is 0 Å². The van der Waals surface area contributed by atoms with Crippen molar-refractivity contribution in [3.05, 3.63) is 56.2 Å². The first kappa shape index (κ1) is 13.4. The van der Waals surface area contributed by atoms with E-state index in [0.29, 0.717) is 15.4 Å². The lowest BCUT2D eigenvalue weighted by atomic mass is 10.2. The molecule has 0 aliphatic carbocycles. The molecule has 98 valence electrons. The van der Waals surface area contributed by atoms with Crippen LogP contribution in [0.3, 0.4) is 0 Å². The molecule has 0 fully saturated rings. The molecule has 0 bridgehead atoms. The molecule has 0 spiro atoms. The molecule has 3 aromatic rings. The highest BCUT2D eigenvalue weighted by Crippen LogP contribution is 2.27. The maximum Gasteiger partial charge on any atom is 0.182 e. The monoisotopic (exact) mass is 363 g/mol. The highest BCUT2D eigenvalue weighted by molar-refractivity contribution is 9.10. The van der Waals surface area contributed by atoms with Crippen LogP contribution in [0.5, 0.6) is 0 Å². The highest BCUT2D eigenvalue weighted by Gasteiger charge is 2.09. The first-order valence-corrected chi connectivity index (χ1v) is 7.28. The van der Waals surface area contributed by atoms with Crippen molar-refractivity contribution in [1.82, 2.24) is 9.55 Å². The van der Waals surface area contributed by atoms with Gasteiger partial charge in [0, 0.05) is 10.2 Å². The number of nitrogens with zero attached hydrogens (tertiary/aromatic N) is 2. The standard InChI is InChI=1S/C14H7BrClN3S/c15-10-6-9(2-3-11(10)16)19-13-5-8(7-17)1-4-12(13)18-14(19)20/h1-6H,(H,18,20). The van der Waals surface area contributed by atoms with Crippen LogP contribution in [0.25, 0.3) is 16.7 Å². The van der Waals surface area contributed by atoms with Crippen LogP contribution in [-0.4, -0.2) is 9.55 Å². The Morgan fingerprint density at radius 2 is 2.05 bits per heavy atom. The molecule has 0 aliphatic rings. The number of hydrogen-bond acceptors (Lipinski definition) is 2. The number of aromatic nitrogens is 2. The summed E-state index contributed by atoms with van der Waals surface area (Å²) >= 11 is 14.8. The van der Waals surface area contributed by atoms with Crippen molar-refractivity contribution in [2.75, 3.05) is 0 Å². The zero-order valence-corrected chi connectivity index (χ0v) is 13.2. The van der Waals surface area contributed by atoms with Crippen molar-refractivity contribution in [3.63, 3.8) is 0 Å². The second kappa shape index (κ2) is 5.06. The van der Waals surface area contributed by atoms with E-state index >= 15 is 0 Å². The summed E-state index contributed by atoms with van der Waals surface area (Å²) < 4.78 is 3.25. The van der Waals surface area contributed by atoms with Gasteiger partial charge in [-0.25, -0.2) is 0 Å². The Balaban J connectivity index is 2.35. The number of aromatic amines is 1. The summed E-state index contributed by atoms with van der Waals surface area (Å²) in [5.74, 6) is 0.